The van der Waals surface area contributed by atoms with Crippen LogP contribution in [-0.4, -0.2) is 14.5 Å². The number of sulfonamides is 1. The summed E-state index contributed by atoms with van der Waals surface area (Å²) < 4.78 is 27.2. The van der Waals surface area contributed by atoms with Gasteiger partial charge >= 0.3 is 0 Å². The maximum atomic E-state index is 12.3. The standard InChI is InChI=1S/C13H21ClN2O2S/c1-5-8(2)10(4)16-19(17,18)13-7-12(15)9(3)6-11(13)14/h6-8,10,16H,5,15H2,1-4H3. The van der Waals surface area contributed by atoms with Gasteiger partial charge in [0.05, 0.1) is 5.02 Å². The van der Waals surface area contributed by atoms with E-state index >= 15 is 0 Å². The van der Waals surface area contributed by atoms with Crippen molar-refractivity contribution in [3.05, 3.63) is 22.7 Å². The molecule has 0 heterocycles. The van der Waals surface area contributed by atoms with Crippen molar-refractivity contribution in [3.63, 3.8) is 0 Å². The van der Waals surface area contributed by atoms with Crippen LogP contribution in [0.3, 0.4) is 0 Å². The molecule has 1 aromatic carbocycles. The number of hydrogen-bond donors (Lipinski definition) is 2. The van der Waals surface area contributed by atoms with E-state index in [1.54, 1.807) is 13.0 Å². The molecule has 3 N–H and O–H groups in total. The third-order valence-corrected chi connectivity index (χ3v) is 5.47. The van der Waals surface area contributed by atoms with Gasteiger partial charge < -0.3 is 5.73 Å². The second-order valence-electron chi connectivity index (χ2n) is 4.93. The lowest BCUT2D eigenvalue weighted by Gasteiger charge is -2.20. The van der Waals surface area contributed by atoms with Gasteiger partial charge in [0.25, 0.3) is 0 Å². The van der Waals surface area contributed by atoms with Gasteiger partial charge in [-0.25, -0.2) is 13.1 Å². The summed E-state index contributed by atoms with van der Waals surface area (Å²) in [5.74, 6) is 0.247. The van der Waals surface area contributed by atoms with Gasteiger partial charge in [-0.2, -0.15) is 0 Å². The van der Waals surface area contributed by atoms with E-state index in [1.807, 2.05) is 20.8 Å². The second-order valence-corrected chi connectivity index (χ2v) is 7.02. The van der Waals surface area contributed by atoms with Crippen LogP contribution in [0.1, 0.15) is 32.8 Å². The van der Waals surface area contributed by atoms with E-state index < -0.39 is 10.0 Å². The molecule has 0 radical (unpaired) electrons. The Bertz CT molecular complexity index is 558. The quantitative estimate of drug-likeness (QED) is 0.822. The van der Waals surface area contributed by atoms with Gasteiger partial charge in [0, 0.05) is 11.7 Å². The van der Waals surface area contributed by atoms with Gasteiger partial charge in [0.2, 0.25) is 10.0 Å². The van der Waals surface area contributed by atoms with E-state index in [9.17, 15) is 8.42 Å². The molecule has 0 aliphatic carbocycles. The van der Waals surface area contributed by atoms with Gasteiger partial charge in [-0.3, -0.25) is 0 Å². The Morgan fingerprint density at radius 3 is 2.47 bits per heavy atom. The predicted octanol–water partition coefficient (Wildman–Crippen LogP) is 2.94. The number of nitrogen functional groups attached to an aromatic ring is 1. The summed E-state index contributed by atoms with van der Waals surface area (Å²) >= 11 is 6.01. The van der Waals surface area contributed by atoms with Crippen LogP contribution in [0.15, 0.2) is 17.0 Å². The first kappa shape index (κ1) is 16.3. The normalized spacial score (nSPS) is 15.2. The molecule has 2 atom stereocenters. The zero-order valence-corrected chi connectivity index (χ0v) is 13.3. The molecule has 108 valence electrons. The molecule has 4 nitrogen and oxygen atoms in total. The molecule has 0 saturated carbocycles. The molecule has 19 heavy (non-hydrogen) atoms. The predicted molar refractivity (Wildman–Crippen MR) is 79.8 cm³/mol. The zero-order valence-electron chi connectivity index (χ0n) is 11.7. The van der Waals surface area contributed by atoms with Crippen molar-refractivity contribution >= 4 is 27.3 Å². The molecule has 0 saturated heterocycles. The van der Waals surface area contributed by atoms with Crippen LogP contribution in [-0.2, 0) is 10.0 Å². The molecule has 0 amide bonds. The van der Waals surface area contributed by atoms with E-state index in [-0.39, 0.29) is 21.9 Å². The van der Waals surface area contributed by atoms with E-state index in [2.05, 4.69) is 4.72 Å². The van der Waals surface area contributed by atoms with Gasteiger partial charge in [0.1, 0.15) is 4.90 Å². The number of anilines is 1. The molecule has 0 aliphatic rings. The van der Waals surface area contributed by atoms with Gasteiger partial charge in [-0.15, -0.1) is 0 Å². The van der Waals surface area contributed by atoms with E-state index in [1.165, 1.54) is 6.07 Å². The number of aryl methyl sites for hydroxylation is 1. The molecule has 0 bridgehead atoms. The molecule has 0 aliphatic heterocycles. The SMILES string of the molecule is CCC(C)C(C)NS(=O)(=O)c1cc(N)c(C)cc1Cl. The van der Waals surface area contributed by atoms with Crippen molar-refractivity contribution in [2.24, 2.45) is 5.92 Å². The highest BCUT2D eigenvalue weighted by Crippen LogP contribution is 2.27. The second kappa shape index (κ2) is 6.11. The number of rotatable bonds is 5. The van der Waals surface area contributed by atoms with Crippen molar-refractivity contribution in [2.45, 2.75) is 45.1 Å². The summed E-state index contributed by atoms with van der Waals surface area (Å²) in [5, 5.41) is 0.190. The van der Waals surface area contributed by atoms with Crippen LogP contribution < -0.4 is 10.5 Å². The minimum Gasteiger partial charge on any atom is -0.398 e. The largest absolute Gasteiger partial charge is 0.398 e. The number of benzene rings is 1. The summed E-state index contributed by atoms with van der Waals surface area (Å²) in [4.78, 5) is 0.0346. The van der Waals surface area contributed by atoms with Crippen LogP contribution in [0.4, 0.5) is 5.69 Å². The Labute approximate surface area is 120 Å². The number of nitrogens with one attached hydrogen (secondary N) is 1. The average molecular weight is 305 g/mol. The van der Waals surface area contributed by atoms with Gasteiger partial charge in [-0.1, -0.05) is 31.9 Å². The fourth-order valence-corrected chi connectivity index (χ4v) is 3.62. The summed E-state index contributed by atoms with van der Waals surface area (Å²) in [7, 11) is -3.65. The van der Waals surface area contributed by atoms with E-state index in [4.69, 9.17) is 17.3 Å². The van der Waals surface area contributed by atoms with E-state index in [0.29, 0.717) is 5.69 Å². The summed E-state index contributed by atoms with van der Waals surface area (Å²) in [6, 6.07) is 2.82. The van der Waals surface area contributed by atoms with Crippen LogP contribution >= 0.6 is 11.6 Å². The van der Waals surface area contributed by atoms with E-state index in [0.717, 1.165) is 12.0 Å². The molecular weight excluding hydrogens is 284 g/mol. The Balaban J connectivity index is 3.11. The molecular formula is C13H21ClN2O2S. The third-order valence-electron chi connectivity index (χ3n) is 3.45. The van der Waals surface area contributed by atoms with Crippen molar-refractivity contribution < 1.29 is 8.42 Å². The topological polar surface area (TPSA) is 72.2 Å². The lowest BCUT2D eigenvalue weighted by atomic mass is 10.0. The highest BCUT2D eigenvalue weighted by molar-refractivity contribution is 7.89. The van der Waals surface area contributed by atoms with Crippen molar-refractivity contribution in [1.82, 2.24) is 4.72 Å². The summed E-state index contributed by atoms with van der Waals surface area (Å²) in [5.41, 5.74) is 6.93. The molecule has 0 aromatic heterocycles. The highest BCUT2D eigenvalue weighted by Gasteiger charge is 2.23. The lowest BCUT2D eigenvalue weighted by Crippen LogP contribution is -2.37. The van der Waals surface area contributed by atoms with Crippen LogP contribution in [0, 0.1) is 12.8 Å². The Hall–Kier alpha value is -0.780. The average Bonchev–Trinajstić information content (AvgIpc) is 2.31. The third kappa shape index (κ3) is 3.84. The minimum atomic E-state index is -3.65. The fraction of sp³-hybridized carbons (Fsp3) is 0.538. The Morgan fingerprint density at radius 2 is 1.95 bits per heavy atom. The molecule has 6 heteroatoms. The first-order chi connectivity index (χ1) is 8.69. The smallest absolute Gasteiger partial charge is 0.242 e. The lowest BCUT2D eigenvalue weighted by molar-refractivity contribution is 0.434. The maximum absolute atomic E-state index is 12.3. The summed E-state index contributed by atoms with van der Waals surface area (Å²) in [6.07, 6.45) is 0.896. The van der Waals surface area contributed by atoms with Gasteiger partial charge in [0.15, 0.2) is 0 Å². The Kier molecular flexibility index (Phi) is 5.24. The number of hydrogen-bond acceptors (Lipinski definition) is 3. The van der Waals surface area contributed by atoms with Crippen LogP contribution in [0.25, 0.3) is 0 Å². The van der Waals surface area contributed by atoms with Crippen molar-refractivity contribution in [2.75, 3.05) is 5.73 Å². The molecule has 2 unspecified atom stereocenters. The Morgan fingerprint density at radius 1 is 1.37 bits per heavy atom. The minimum absolute atomic E-state index is 0.0346. The van der Waals surface area contributed by atoms with Crippen LogP contribution in [0.5, 0.6) is 0 Å². The van der Waals surface area contributed by atoms with Crippen LogP contribution in [0.2, 0.25) is 5.02 Å². The van der Waals surface area contributed by atoms with Gasteiger partial charge in [-0.05, 0) is 37.5 Å². The summed E-state index contributed by atoms with van der Waals surface area (Å²) in [6.45, 7) is 7.65. The monoisotopic (exact) mass is 304 g/mol. The van der Waals surface area contributed by atoms with Crippen molar-refractivity contribution in [1.29, 1.82) is 0 Å². The molecule has 0 spiro atoms. The molecule has 1 rings (SSSR count). The zero-order chi connectivity index (χ0) is 14.8. The number of nitrogens with two attached hydrogens (primary N) is 1. The van der Waals surface area contributed by atoms with Crippen molar-refractivity contribution in [3.8, 4) is 0 Å². The first-order valence-electron chi connectivity index (χ1n) is 6.27. The first-order valence-corrected chi connectivity index (χ1v) is 8.13. The fourth-order valence-electron chi connectivity index (χ4n) is 1.65. The highest BCUT2D eigenvalue weighted by atomic mass is 35.5. The number of halogens is 1. The maximum Gasteiger partial charge on any atom is 0.242 e. The molecule has 1 aromatic rings. The molecule has 0 fully saturated rings.